The number of alkyl halides is 1. The van der Waals surface area contributed by atoms with Crippen LogP contribution in [0.25, 0.3) is 0 Å². The van der Waals surface area contributed by atoms with Gasteiger partial charge in [-0.2, -0.15) is 0 Å². The predicted molar refractivity (Wildman–Crippen MR) is 127 cm³/mol. The van der Waals surface area contributed by atoms with Crippen LogP contribution < -0.4 is 10.6 Å². The summed E-state index contributed by atoms with van der Waals surface area (Å²) in [6.45, 7) is 7.91. The van der Waals surface area contributed by atoms with E-state index >= 15 is 0 Å². The number of halogens is 1. The van der Waals surface area contributed by atoms with Gasteiger partial charge in [0.2, 0.25) is 17.7 Å². The third-order valence-corrected chi connectivity index (χ3v) is 8.55. The zero-order valence-corrected chi connectivity index (χ0v) is 21.8. The Kier molecular flexibility index (Phi) is 7.88. The molecule has 4 saturated heterocycles. The summed E-state index contributed by atoms with van der Waals surface area (Å²) in [4.78, 5) is 44.0. The van der Waals surface area contributed by atoms with E-state index in [0.29, 0.717) is 39.1 Å². The first kappa shape index (κ1) is 25.8. The molecule has 4 fully saturated rings. The van der Waals surface area contributed by atoms with E-state index in [1.807, 2.05) is 13.8 Å². The van der Waals surface area contributed by atoms with Gasteiger partial charge in [0.1, 0.15) is 11.6 Å². The maximum absolute atomic E-state index is 13.9. The number of aliphatic hydroxyl groups excluding tert-OH is 1. The van der Waals surface area contributed by atoms with Gasteiger partial charge in [0, 0.05) is 38.1 Å². The molecule has 4 aliphatic heterocycles. The molecule has 2 bridgehead atoms. The molecule has 0 aromatic rings. The highest BCUT2D eigenvalue weighted by Crippen LogP contribution is 2.60. The smallest absolute Gasteiger partial charge is 0.245 e. The summed E-state index contributed by atoms with van der Waals surface area (Å²) in [5.74, 6) is -2.03. The first-order valence-corrected chi connectivity index (χ1v) is 13.2. The lowest BCUT2D eigenvalue weighted by Gasteiger charge is -2.37. The van der Waals surface area contributed by atoms with Gasteiger partial charge in [0.05, 0.1) is 43.8 Å². The fourth-order valence-electron chi connectivity index (χ4n) is 6.31. The predicted octanol–water partition coefficient (Wildman–Crippen LogP) is -0.664. The van der Waals surface area contributed by atoms with Gasteiger partial charge in [-0.05, 0) is 18.8 Å². The molecule has 11 heteroatoms. The molecule has 0 aromatic carbocycles. The van der Waals surface area contributed by atoms with Gasteiger partial charge in [-0.15, -0.1) is 0 Å². The molecule has 192 valence electrons. The molecule has 3 N–H and O–H groups in total. The summed E-state index contributed by atoms with van der Waals surface area (Å²) in [6, 6.07) is -1.42. The fraction of sp³-hybridized carbons (Fsp3) is 0.870. The second-order valence-electron chi connectivity index (χ2n) is 10.2. The van der Waals surface area contributed by atoms with E-state index in [0.717, 1.165) is 13.1 Å². The Labute approximate surface area is 209 Å². The first-order chi connectivity index (χ1) is 16.2. The largest absolute Gasteiger partial charge is 0.394 e. The maximum Gasteiger partial charge on any atom is 0.245 e. The Balaban J connectivity index is 1.62. The second-order valence-corrected chi connectivity index (χ2v) is 11.4. The number of ether oxygens (including phenoxy) is 2. The average Bonchev–Trinajstić information content (AvgIpc) is 3.41. The Morgan fingerprint density at radius 2 is 1.97 bits per heavy atom. The van der Waals surface area contributed by atoms with Gasteiger partial charge < -0.3 is 30.1 Å². The number of carbonyl (C=O) groups is 3. The average molecular weight is 545 g/mol. The Morgan fingerprint density at radius 1 is 1.26 bits per heavy atom. The van der Waals surface area contributed by atoms with Crippen LogP contribution in [-0.4, -0.2) is 114 Å². The summed E-state index contributed by atoms with van der Waals surface area (Å²) in [6.07, 6.45) is 0.533. The zero-order valence-electron chi connectivity index (χ0n) is 20.2. The molecule has 1 spiro atoms. The van der Waals surface area contributed by atoms with E-state index in [-0.39, 0.29) is 35.1 Å². The van der Waals surface area contributed by atoms with Crippen molar-refractivity contribution in [3.63, 3.8) is 0 Å². The molecule has 34 heavy (non-hydrogen) atoms. The molecule has 0 aliphatic carbocycles. The van der Waals surface area contributed by atoms with Gasteiger partial charge >= 0.3 is 0 Å². The number of nitrogens with zero attached hydrogens (tertiary/aromatic N) is 2. The summed E-state index contributed by atoms with van der Waals surface area (Å²) in [5.41, 5.74) is -1.10. The SMILES string of the molecule is CNC(=O)[C@H]1[C@H]2C(=O)N([C@@H](CO)CC(C)C)C(C(=O)NCCN3CCOCC3)C23CC(Br)[C@@H]1O3. The van der Waals surface area contributed by atoms with Crippen LogP contribution in [0.1, 0.15) is 26.7 Å². The topological polar surface area (TPSA) is 120 Å². The zero-order chi connectivity index (χ0) is 24.6. The molecule has 3 amide bonds. The standard InChI is InChI=1S/C23H37BrN4O6/c1-13(2)10-14(12-29)28-19(21(31)26-4-5-27-6-8-33-9-7-27)23-11-15(24)18(34-23)16(20(30)25-3)17(23)22(28)32/h13-19,29H,4-12H2,1-3H3,(H,25,30)(H,26,31)/t14-,15?,16+,17+,18+,19?,23?/m1/s1. The van der Waals surface area contributed by atoms with E-state index in [9.17, 15) is 19.5 Å². The lowest BCUT2D eigenvalue weighted by molar-refractivity contribution is -0.146. The van der Waals surface area contributed by atoms with Crippen LogP contribution in [-0.2, 0) is 23.9 Å². The van der Waals surface area contributed by atoms with Crippen molar-refractivity contribution in [2.45, 2.75) is 55.3 Å². The van der Waals surface area contributed by atoms with E-state index in [2.05, 4.69) is 31.5 Å². The lowest BCUT2D eigenvalue weighted by atomic mass is 9.70. The molecule has 3 unspecified atom stereocenters. The first-order valence-electron chi connectivity index (χ1n) is 12.3. The van der Waals surface area contributed by atoms with Crippen LogP contribution in [0.2, 0.25) is 0 Å². The highest BCUT2D eigenvalue weighted by Gasteiger charge is 2.76. The quantitative estimate of drug-likeness (QED) is 0.329. The number of hydrogen-bond acceptors (Lipinski definition) is 7. The number of amides is 3. The number of rotatable bonds is 9. The van der Waals surface area contributed by atoms with Crippen molar-refractivity contribution in [3.05, 3.63) is 0 Å². The van der Waals surface area contributed by atoms with Crippen LogP contribution in [0.4, 0.5) is 0 Å². The third-order valence-electron chi connectivity index (χ3n) is 7.70. The van der Waals surface area contributed by atoms with Gasteiger partial charge in [-0.1, -0.05) is 29.8 Å². The summed E-state index contributed by atoms with van der Waals surface area (Å²) in [5, 5.41) is 15.9. The molecule has 4 aliphatic rings. The minimum absolute atomic E-state index is 0.139. The van der Waals surface area contributed by atoms with Crippen LogP contribution in [0, 0.1) is 17.8 Å². The molecular weight excluding hydrogens is 508 g/mol. The maximum atomic E-state index is 13.9. The number of fused-ring (bicyclic) bond motifs is 1. The molecule has 4 heterocycles. The number of hydrogen-bond donors (Lipinski definition) is 3. The highest BCUT2D eigenvalue weighted by molar-refractivity contribution is 9.09. The van der Waals surface area contributed by atoms with E-state index in [4.69, 9.17) is 9.47 Å². The summed E-state index contributed by atoms with van der Waals surface area (Å²) >= 11 is 3.65. The molecule has 0 saturated carbocycles. The molecule has 0 aromatic heterocycles. The minimum atomic E-state index is -1.10. The third kappa shape index (κ3) is 4.38. The Bertz CT molecular complexity index is 793. The second kappa shape index (κ2) is 10.4. The monoisotopic (exact) mass is 544 g/mol. The number of morpholine rings is 1. The molecule has 7 atom stereocenters. The van der Waals surface area contributed by atoms with Crippen LogP contribution in [0.5, 0.6) is 0 Å². The molecule has 10 nitrogen and oxygen atoms in total. The molecular formula is C23H37BrN4O6. The fourth-order valence-corrected chi connectivity index (χ4v) is 7.25. The molecule has 0 radical (unpaired) electrons. The van der Waals surface area contributed by atoms with Gasteiger partial charge in [-0.25, -0.2) is 0 Å². The Morgan fingerprint density at radius 3 is 2.59 bits per heavy atom. The van der Waals surface area contributed by atoms with Crippen molar-refractivity contribution in [2.75, 3.05) is 53.0 Å². The van der Waals surface area contributed by atoms with E-state index in [1.54, 1.807) is 7.05 Å². The van der Waals surface area contributed by atoms with E-state index in [1.165, 1.54) is 4.90 Å². The van der Waals surface area contributed by atoms with Gasteiger partial charge in [0.25, 0.3) is 0 Å². The van der Waals surface area contributed by atoms with Crippen molar-refractivity contribution in [1.29, 1.82) is 0 Å². The van der Waals surface area contributed by atoms with Crippen LogP contribution >= 0.6 is 15.9 Å². The van der Waals surface area contributed by atoms with Gasteiger partial charge in [-0.3, -0.25) is 19.3 Å². The highest BCUT2D eigenvalue weighted by atomic mass is 79.9. The summed E-state index contributed by atoms with van der Waals surface area (Å²) in [7, 11) is 1.55. The van der Waals surface area contributed by atoms with Crippen molar-refractivity contribution in [3.8, 4) is 0 Å². The summed E-state index contributed by atoms with van der Waals surface area (Å²) < 4.78 is 11.8. The van der Waals surface area contributed by atoms with Crippen molar-refractivity contribution in [2.24, 2.45) is 17.8 Å². The Hall–Kier alpha value is -1.27. The van der Waals surface area contributed by atoms with Crippen molar-refractivity contribution < 1.29 is 29.0 Å². The normalized spacial score (nSPS) is 36.1. The van der Waals surface area contributed by atoms with Crippen LogP contribution in [0.15, 0.2) is 0 Å². The van der Waals surface area contributed by atoms with E-state index < -0.39 is 35.6 Å². The van der Waals surface area contributed by atoms with Gasteiger partial charge in [0.15, 0.2) is 0 Å². The number of nitrogens with one attached hydrogen (secondary N) is 2. The molecule has 4 rings (SSSR count). The lowest BCUT2D eigenvalue weighted by Crippen LogP contribution is -2.59. The number of aliphatic hydroxyl groups is 1. The van der Waals surface area contributed by atoms with Crippen LogP contribution in [0.3, 0.4) is 0 Å². The minimum Gasteiger partial charge on any atom is -0.394 e. The number of carbonyl (C=O) groups excluding carboxylic acids is 3. The van der Waals surface area contributed by atoms with Crippen molar-refractivity contribution in [1.82, 2.24) is 20.4 Å². The number of likely N-dealkylation sites (tertiary alicyclic amines) is 1. The van der Waals surface area contributed by atoms with Crippen molar-refractivity contribution >= 4 is 33.7 Å².